The molecule has 0 radical (unpaired) electrons. The van der Waals surface area contributed by atoms with Crippen LogP contribution in [0.4, 0.5) is 0 Å². The third-order valence-corrected chi connectivity index (χ3v) is 19.1. The normalized spacial score (nSPS) is 28.9. The first-order valence-corrected chi connectivity index (χ1v) is 17.9. The molecule has 0 saturated carbocycles. The Kier molecular flexibility index (Phi) is 10.6. The maximum Gasteiger partial charge on any atom is 0.335 e. The number of fused-ring (bicyclic) bond motifs is 1. The summed E-state index contributed by atoms with van der Waals surface area (Å²) in [6, 6.07) is 0.347. The van der Waals surface area contributed by atoms with Crippen LogP contribution in [0.2, 0.25) is 22.2 Å². The number of ether oxygens (including phenoxy) is 1. The van der Waals surface area contributed by atoms with E-state index in [0.717, 1.165) is 0 Å². The average Bonchev–Trinajstić information content (AvgIpc) is 3.00. The Labute approximate surface area is 206 Å². The Morgan fingerprint density at radius 2 is 1.27 bits per heavy atom. The van der Waals surface area contributed by atoms with Crippen LogP contribution in [-0.2, 0) is 22.2 Å². The van der Waals surface area contributed by atoms with Crippen molar-refractivity contribution in [1.82, 2.24) is 4.67 Å². The second kappa shape index (κ2) is 11.8. The summed E-state index contributed by atoms with van der Waals surface area (Å²) in [5.74, 6) is 0. The van der Waals surface area contributed by atoms with Gasteiger partial charge in [-0.25, -0.2) is 4.67 Å². The zero-order chi connectivity index (χ0) is 25.3. The molecule has 10 heteroatoms. The van der Waals surface area contributed by atoms with Crippen LogP contribution in [0.15, 0.2) is 0 Å². The fourth-order valence-corrected chi connectivity index (χ4v) is 17.9. The highest BCUT2D eigenvalue weighted by Crippen LogP contribution is 2.49. The van der Waals surface area contributed by atoms with Crippen molar-refractivity contribution in [3.8, 4) is 0 Å². The van der Waals surface area contributed by atoms with Crippen LogP contribution in [0, 0.1) is 0 Å². The fraction of sp³-hybridized carbons (Fsp3) is 1.00. The Hall–Kier alpha value is 0.584. The van der Waals surface area contributed by atoms with Gasteiger partial charge in [0.1, 0.15) is 18.3 Å². The van der Waals surface area contributed by atoms with Crippen molar-refractivity contribution < 1.29 is 27.1 Å². The number of hydrogen-bond donors (Lipinski definition) is 1. The van der Waals surface area contributed by atoms with Crippen molar-refractivity contribution in [2.75, 3.05) is 13.2 Å². The van der Waals surface area contributed by atoms with E-state index in [1.807, 2.05) is 4.67 Å². The Balaban J connectivity index is 2.41. The van der Waals surface area contributed by atoms with Gasteiger partial charge in [-0.3, -0.25) is 0 Å². The van der Waals surface area contributed by atoms with Crippen LogP contribution in [0.25, 0.3) is 0 Å². The minimum absolute atomic E-state index is 0.174. The third kappa shape index (κ3) is 6.12. The van der Waals surface area contributed by atoms with Gasteiger partial charge in [-0.15, -0.1) is 0 Å². The monoisotopic (exact) mass is 523 g/mol. The summed E-state index contributed by atoms with van der Waals surface area (Å²) in [6.07, 6.45) is -0.885. The molecule has 4 atom stereocenters. The molecule has 0 aromatic rings. The van der Waals surface area contributed by atoms with Crippen molar-refractivity contribution in [2.24, 2.45) is 0 Å². The molecule has 2 aliphatic rings. The number of rotatable bonds is 9. The van der Waals surface area contributed by atoms with Gasteiger partial charge in [0.15, 0.2) is 0 Å². The zero-order valence-electron chi connectivity index (χ0n) is 23.0. The van der Waals surface area contributed by atoms with Crippen LogP contribution in [0.3, 0.4) is 0 Å². The van der Waals surface area contributed by atoms with Crippen LogP contribution >= 0.6 is 8.53 Å². The Morgan fingerprint density at radius 3 is 1.70 bits per heavy atom. The van der Waals surface area contributed by atoms with Crippen molar-refractivity contribution >= 4 is 25.6 Å². The van der Waals surface area contributed by atoms with Gasteiger partial charge >= 0.3 is 17.1 Å². The second-order valence-corrected chi connectivity index (χ2v) is 21.4. The molecule has 33 heavy (non-hydrogen) atoms. The van der Waals surface area contributed by atoms with Crippen molar-refractivity contribution in [3.63, 3.8) is 0 Å². The minimum atomic E-state index is -2.74. The molecule has 0 aromatic heterocycles. The number of hydrogen-bond acceptors (Lipinski definition) is 7. The van der Waals surface area contributed by atoms with Crippen LogP contribution < -0.4 is 0 Å². The van der Waals surface area contributed by atoms with Crippen LogP contribution in [0.5, 0.6) is 0 Å². The van der Waals surface area contributed by atoms with Gasteiger partial charge in [-0.2, -0.15) is 0 Å². The van der Waals surface area contributed by atoms with Gasteiger partial charge in [0, 0.05) is 12.1 Å². The lowest BCUT2D eigenvalue weighted by molar-refractivity contribution is -0.0285. The Morgan fingerprint density at radius 1 is 0.788 bits per heavy atom. The summed E-state index contributed by atoms with van der Waals surface area (Å²) in [4.78, 5) is 11.0. The molecular formula is C23H50NO6PSi2. The lowest BCUT2D eigenvalue weighted by Gasteiger charge is -2.51. The summed E-state index contributed by atoms with van der Waals surface area (Å²) >= 11 is 0. The van der Waals surface area contributed by atoms with E-state index in [0.29, 0.717) is 24.3 Å². The van der Waals surface area contributed by atoms with Gasteiger partial charge in [0.25, 0.3) is 8.53 Å². The Bertz CT molecular complexity index is 598. The quantitative estimate of drug-likeness (QED) is 0.291. The molecule has 2 fully saturated rings. The molecule has 0 aliphatic carbocycles. The molecule has 2 heterocycles. The predicted molar refractivity (Wildman–Crippen MR) is 140 cm³/mol. The molecule has 2 saturated heterocycles. The largest absolute Gasteiger partial charge is 0.414 e. The third-order valence-electron chi connectivity index (χ3n) is 7.02. The summed E-state index contributed by atoms with van der Waals surface area (Å²) in [6.45, 7) is 26.9. The van der Waals surface area contributed by atoms with Crippen molar-refractivity contribution in [3.05, 3.63) is 0 Å². The average molecular weight is 524 g/mol. The molecule has 0 aromatic carbocycles. The van der Waals surface area contributed by atoms with E-state index in [2.05, 4.69) is 83.1 Å². The van der Waals surface area contributed by atoms with Crippen LogP contribution in [0.1, 0.15) is 83.1 Å². The molecule has 7 nitrogen and oxygen atoms in total. The van der Waals surface area contributed by atoms with Gasteiger partial charge in [0.05, 0.1) is 13.2 Å². The van der Waals surface area contributed by atoms with Crippen molar-refractivity contribution in [1.29, 1.82) is 0 Å². The van der Waals surface area contributed by atoms with E-state index in [9.17, 15) is 4.89 Å². The van der Waals surface area contributed by atoms with E-state index in [-0.39, 0.29) is 41.5 Å². The summed E-state index contributed by atoms with van der Waals surface area (Å²) in [5.41, 5.74) is 1.07. The molecule has 0 amide bonds. The van der Waals surface area contributed by atoms with Crippen LogP contribution in [-0.4, -0.2) is 70.3 Å². The van der Waals surface area contributed by atoms with E-state index < -0.39 is 25.6 Å². The van der Waals surface area contributed by atoms with E-state index in [4.69, 9.17) is 22.2 Å². The molecule has 2 aliphatic heterocycles. The molecule has 2 rings (SSSR count). The first kappa shape index (κ1) is 29.8. The highest BCUT2D eigenvalue weighted by molar-refractivity contribution is 7.43. The minimum Gasteiger partial charge on any atom is -0.414 e. The fourth-order valence-electron chi connectivity index (χ4n) is 5.34. The lowest BCUT2D eigenvalue weighted by Crippen LogP contribution is -2.65. The molecular weight excluding hydrogens is 473 g/mol. The maximum absolute atomic E-state index is 11.0. The van der Waals surface area contributed by atoms with Gasteiger partial charge in [-0.05, 0) is 49.9 Å². The van der Waals surface area contributed by atoms with Gasteiger partial charge in [-0.1, -0.05) is 55.4 Å². The van der Waals surface area contributed by atoms with Crippen molar-refractivity contribution in [2.45, 2.75) is 136 Å². The standard InChI is InChI=1S/C23H50NO6PSi2/c1-15(2)24(16(3)4)31(25)28-22-13-26-21-14-27-32(17(5)6,18(7)8)30-33(19(9)10,20(11)12)29-23(21)22/h15-23,25H,13-14H2,1-12H3. The smallest absolute Gasteiger partial charge is 0.335 e. The van der Waals surface area contributed by atoms with E-state index >= 15 is 0 Å². The zero-order valence-corrected chi connectivity index (χ0v) is 25.9. The van der Waals surface area contributed by atoms with E-state index in [1.165, 1.54) is 0 Å². The summed E-state index contributed by atoms with van der Waals surface area (Å²) < 4.78 is 35.6. The highest BCUT2D eigenvalue weighted by Gasteiger charge is 2.61. The second-order valence-electron chi connectivity index (χ2n) is 11.4. The predicted octanol–water partition coefficient (Wildman–Crippen LogP) is 6.06. The number of nitrogens with zero attached hydrogens (tertiary/aromatic N) is 1. The first-order valence-electron chi connectivity index (χ1n) is 12.8. The topological polar surface area (TPSA) is 69.6 Å². The maximum atomic E-state index is 11.0. The highest BCUT2D eigenvalue weighted by atomic mass is 31.2. The van der Waals surface area contributed by atoms with E-state index in [1.54, 1.807) is 0 Å². The molecule has 1 N–H and O–H groups in total. The SMILES string of the molecule is CC(C)N(C(C)C)P(O)OC1COC2CO[Si](C(C)C)(C(C)C)O[Si](C(C)C)(C(C)C)OC21. The summed E-state index contributed by atoms with van der Waals surface area (Å²) in [7, 11) is -7.09. The van der Waals surface area contributed by atoms with Gasteiger partial charge in [0.2, 0.25) is 0 Å². The molecule has 196 valence electrons. The van der Waals surface area contributed by atoms with Gasteiger partial charge < -0.3 is 27.1 Å². The molecule has 4 unspecified atom stereocenters. The lowest BCUT2D eigenvalue weighted by atomic mass is 10.2. The summed E-state index contributed by atoms with van der Waals surface area (Å²) in [5, 5.41) is 0. The molecule has 0 bridgehead atoms. The first-order chi connectivity index (χ1) is 15.2. The molecule has 0 spiro atoms.